The first-order valence-electron chi connectivity index (χ1n) is 9.88. The van der Waals surface area contributed by atoms with Gasteiger partial charge in [-0.15, -0.1) is 0 Å². The highest BCUT2D eigenvalue weighted by molar-refractivity contribution is 5.32. The highest BCUT2D eigenvalue weighted by Gasteiger charge is 2.35. The van der Waals surface area contributed by atoms with E-state index in [1.165, 1.54) is 44.9 Å². The van der Waals surface area contributed by atoms with E-state index in [1.807, 2.05) is 0 Å². The average Bonchev–Trinajstić information content (AvgIpc) is 2.58. The van der Waals surface area contributed by atoms with Gasteiger partial charge in [0.25, 0.3) is 0 Å². The van der Waals surface area contributed by atoms with Crippen molar-refractivity contribution in [2.75, 3.05) is 13.2 Å². The summed E-state index contributed by atoms with van der Waals surface area (Å²) in [5.74, 6) is 0.575. The van der Waals surface area contributed by atoms with Crippen LogP contribution in [-0.4, -0.2) is 24.8 Å². The molecule has 23 heavy (non-hydrogen) atoms. The van der Waals surface area contributed by atoms with Crippen LogP contribution in [0, 0.1) is 5.92 Å². The van der Waals surface area contributed by atoms with Crippen molar-refractivity contribution in [1.29, 1.82) is 0 Å². The number of nitrogens with zero attached hydrogens (tertiary/aromatic N) is 1. The summed E-state index contributed by atoms with van der Waals surface area (Å²) in [6.07, 6.45) is 15.1. The van der Waals surface area contributed by atoms with Gasteiger partial charge in [-0.2, -0.15) is 0 Å². The van der Waals surface area contributed by atoms with Crippen molar-refractivity contribution < 1.29 is 9.53 Å². The second-order valence-electron chi connectivity index (χ2n) is 6.57. The van der Waals surface area contributed by atoms with Crippen LogP contribution in [0.1, 0.15) is 98.3 Å². The zero-order chi connectivity index (χ0) is 17.4. The molecule has 3 heteroatoms. The topological polar surface area (TPSA) is 38.7 Å². The summed E-state index contributed by atoms with van der Waals surface area (Å²) in [6, 6.07) is 0. The molecule has 0 rings (SSSR count). The lowest BCUT2D eigenvalue weighted by Gasteiger charge is -2.40. The molecule has 0 aliphatic carbocycles. The molecule has 0 aliphatic heterocycles. The molecule has 0 saturated carbocycles. The van der Waals surface area contributed by atoms with Gasteiger partial charge < -0.3 is 4.74 Å². The molecule has 0 N–H and O–H groups in total. The summed E-state index contributed by atoms with van der Waals surface area (Å²) in [7, 11) is 0. The summed E-state index contributed by atoms with van der Waals surface area (Å²) in [5, 5.41) is 0. The van der Waals surface area contributed by atoms with Gasteiger partial charge in [0, 0.05) is 6.61 Å². The molecule has 0 heterocycles. The van der Waals surface area contributed by atoms with Crippen LogP contribution in [-0.2, 0) is 9.53 Å². The minimum absolute atomic E-state index is 0.00304. The monoisotopic (exact) mass is 325 g/mol. The third kappa shape index (κ3) is 9.27. The Hall–Kier alpha value is -0.660. The molecule has 0 amide bonds. The number of isocyanates is 1. The Morgan fingerprint density at radius 3 is 2.09 bits per heavy atom. The maximum Gasteiger partial charge on any atom is 0.234 e. The maximum absolute atomic E-state index is 10.2. The number of ether oxygens (including phenoxy) is 1. The van der Waals surface area contributed by atoms with Crippen molar-refractivity contribution >= 4 is 6.08 Å². The minimum atomic E-state index is 0.00304. The minimum Gasteiger partial charge on any atom is -0.375 e. The third-order valence-corrected chi connectivity index (χ3v) is 5.17. The van der Waals surface area contributed by atoms with Gasteiger partial charge in [-0.25, -0.2) is 9.79 Å². The second kappa shape index (κ2) is 14.9. The molecule has 136 valence electrons. The summed E-state index contributed by atoms with van der Waals surface area (Å²) >= 11 is 0. The van der Waals surface area contributed by atoms with Crippen molar-refractivity contribution in [3.8, 4) is 0 Å². The predicted octanol–water partition coefficient (Wildman–Crippen LogP) is 6.06. The van der Waals surface area contributed by atoms with Gasteiger partial charge in [-0.05, 0) is 44.9 Å². The number of rotatable bonds is 16. The Bertz CT molecular complexity index is 307. The normalized spacial score (nSPS) is 12.9. The van der Waals surface area contributed by atoms with Crippen molar-refractivity contribution in [2.45, 2.75) is 104 Å². The maximum atomic E-state index is 10.2. The van der Waals surface area contributed by atoms with E-state index in [1.54, 1.807) is 6.08 Å². The number of hydrogen-bond donors (Lipinski definition) is 0. The van der Waals surface area contributed by atoms with Gasteiger partial charge in [0.1, 0.15) is 0 Å². The number of carbonyl (C=O) groups excluding carboxylic acids is 1. The lowest BCUT2D eigenvalue weighted by molar-refractivity contribution is -0.0933. The van der Waals surface area contributed by atoms with E-state index in [4.69, 9.17) is 4.74 Å². The Balaban J connectivity index is 4.54. The van der Waals surface area contributed by atoms with Crippen LogP contribution >= 0.6 is 0 Å². The molecule has 1 unspecified atom stereocenters. The smallest absolute Gasteiger partial charge is 0.234 e. The van der Waals surface area contributed by atoms with Gasteiger partial charge in [-0.3, -0.25) is 0 Å². The van der Waals surface area contributed by atoms with Gasteiger partial charge in [0.05, 0.1) is 12.1 Å². The Morgan fingerprint density at radius 1 is 0.913 bits per heavy atom. The fourth-order valence-corrected chi connectivity index (χ4v) is 3.74. The molecular weight excluding hydrogens is 286 g/mol. The molecule has 0 radical (unpaired) electrons. The quantitative estimate of drug-likeness (QED) is 0.196. The van der Waals surface area contributed by atoms with E-state index in [0.29, 0.717) is 12.5 Å². The van der Waals surface area contributed by atoms with E-state index in [2.05, 4.69) is 32.7 Å². The van der Waals surface area contributed by atoms with E-state index in [-0.39, 0.29) is 5.60 Å². The van der Waals surface area contributed by atoms with E-state index >= 15 is 0 Å². The molecule has 3 nitrogen and oxygen atoms in total. The first-order valence-corrected chi connectivity index (χ1v) is 9.88. The number of aliphatic imine (C=N–C) groups is 1. The molecule has 0 spiro atoms. The molecular formula is C20H39NO2. The van der Waals surface area contributed by atoms with Crippen LogP contribution in [0.15, 0.2) is 4.99 Å². The highest BCUT2D eigenvalue weighted by Crippen LogP contribution is 2.36. The summed E-state index contributed by atoms with van der Waals surface area (Å²) in [5.41, 5.74) is 0.00304. The summed E-state index contributed by atoms with van der Waals surface area (Å²) in [4.78, 5) is 13.9. The third-order valence-electron chi connectivity index (χ3n) is 5.17. The molecule has 0 fully saturated rings. The Labute approximate surface area is 144 Å². The Morgan fingerprint density at radius 2 is 1.52 bits per heavy atom. The standard InChI is InChI=1S/C20H39NO2/c1-5-9-10-11-12-13-15-19(16-14-17-21-18-22)20(6-2,7-3)23-8-4/h19H,5-17H2,1-4H3. The van der Waals surface area contributed by atoms with Crippen LogP contribution in [0.2, 0.25) is 0 Å². The van der Waals surface area contributed by atoms with Crippen molar-refractivity contribution in [1.82, 2.24) is 0 Å². The van der Waals surface area contributed by atoms with Crippen LogP contribution in [0.5, 0.6) is 0 Å². The van der Waals surface area contributed by atoms with Crippen molar-refractivity contribution in [3.63, 3.8) is 0 Å². The zero-order valence-corrected chi connectivity index (χ0v) is 16.0. The van der Waals surface area contributed by atoms with E-state index in [0.717, 1.165) is 32.3 Å². The van der Waals surface area contributed by atoms with Gasteiger partial charge in [-0.1, -0.05) is 59.3 Å². The Kier molecular flexibility index (Phi) is 14.5. The van der Waals surface area contributed by atoms with Crippen LogP contribution < -0.4 is 0 Å². The zero-order valence-electron chi connectivity index (χ0n) is 16.0. The molecule has 0 aliphatic rings. The van der Waals surface area contributed by atoms with Gasteiger partial charge in [0.15, 0.2) is 0 Å². The fraction of sp³-hybridized carbons (Fsp3) is 0.950. The second-order valence-corrected chi connectivity index (χ2v) is 6.57. The van der Waals surface area contributed by atoms with Crippen molar-refractivity contribution in [3.05, 3.63) is 0 Å². The lowest BCUT2D eigenvalue weighted by Crippen LogP contribution is -2.40. The summed E-state index contributed by atoms with van der Waals surface area (Å²) < 4.78 is 6.23. The molecule has 0 aromatic heterocycles. The lowest BCUT2D eigenvalue weighted by atomic mass is 9.76. The predicted molar refractivity (Wildman–Crippen MR) is 98.6 cm³/mol. The highest BCUT2D eigenvalue weighted by atomic mass is 16.5. The first-order chi connectivity index (χ1) is 11.2. The fourth-order valence-electron chi connectivity index (χ4n) is 3.74. The van der Waals surface area contributed by atoms with E-state index in [9.17, 15) is 4.79 Å². The first kappa shape index (κ1) is 22.3. The van der Waals surface area contributed by atoms with E-state index < -0.39 is 0 Å². The number of hydrogen-bond acceptors (Lipinski definition) is 3. The van der Waals surface area contributed by atoms with Crippen LogP contribution in [0.3, 0.4) is 0 Å². The molecule has 0 bridgehead atoms. The molecule has 0 aromatic rings. The SMILES string of the molecule is CCCCCCCCC(CCCN=C=O)C(CC)(CC)OCC. The van der Waals surface area contributed by atoms with Gasteiger partial charge in [0.2, 0.25) is 6.08 Å². The van der Waals surface area contributed by atoms with Crippen LogP contribution in [0.4, 0.5) is 0 Å². The van der Waals surface area contributed by atoms with Gasteiger partial charge >= 0.3 is 0 Å². The average molecular weight is 326 g/mol. The largest absolute Gasteiger partial charge is 0.375 e. The molecule has 0 aromatic carbocycles. The summed E-state index contributed by atoms with van der Waals surface area (Å²) in [6.45, 7) is 10.2. The van der Waals surface area contributed by atoms with Crippen LogP contribution in [0.25, 0.3) is 0 Å². The molecule has 0 saturated heterocycles. The number of unbranched alkanes of at least 4 members (excludes halogenated alkanes) is 5. The van der Waals surface area contributed by atoms with Crippen molar-refractivity contribution in [2.24, 2.45) is 10.9 Å². The molecule has 1 atom stereocenters.